The normalized spacial score (nSPS) is 26.5. The Labute approximate surface area is 102 Å². The van der Waals surface area contributed by atoms with Gasteiger partial charge in [-0.3, -0.25) is 9.59 Å². The minimum absolute atomic E-state index is 0.0292. The zero-order valence-corrected chi connectivity index (χ0v) is 10.5. The van der Waals surface area contributed by atoms with E-state index in [1.54, 1.807) is 11.9 Å². The van der Waals surface area contributed by atoms with Crippen LogP contribution in [0.2, 0.25) is 0 Å². The number of nitrogens with zero attached hydrogens (tertiary/aromatic N) is 1. The van der Waals surface area contributed by atoms with Crippen LogP contribution >= 0.6 is 0 Å². The quantitative estimate of drug-likeness (QED) is 0.703. The van der Waals surface area contributed by atoms with Crippen molar-refractivity contribution >= 4 is 11.8 Å². The molecule has 2 aliphatic heterocycles. The molecule has 2 heterocycles. The Balaban J connectivity index is 1.99. The summed E-state index contributed by atoms with van der Waals surface area (Å²) in [5.41, 5.74) is 0. The number of amides is 2. The maximum absolute atomic E-state index is 12.3. The smallest absolute Gasteiger partial charge is 0.242 e. The summed E-state index contributed by atoms with van der Waals surface area (Å²) in [7, 11) is 1.63. The average Bonchev–Trinajstić information content (AvgIpc) is 2.73. The van der Waals surface area contributed by atoms with Gasteiger partial charge in [0.2, 0.25) is 11.8 Å². The molecule has 0 spiro atoms. The second-order valence-corrected chi connectivity index (χ2v) is 5.01. The Morgan fingerprint density at radius 1 is 1.41 bits per heavy atom. The van der Waals surface area contributed by atoms with E-state index in [4.69, 9.17) is 0 Å². The van der Waals surface area contributed by atoms with Gasteiger partial charge in [-0.05, 0) is 31.8 Å². The predicted molar refractivity (Wildman–Crippen MR) is 64.3 cm³/mol. The molecule has 0 aromatic carbocycles. The molecule has 2 amide bonds. The van der Waals surface area contributed by atoms with Gasteiger partial charge in [0, 0.05) is 19.5 Å². The topological polar surface area (TPSA) is 61.4 Å². The third-order valence-corrected chi connectivity index (χ3v) is 3.99. The van der Waals surface area contributed by atoms with E-state index in [1.807, 2.05) is 6.92 Å². The fourth-order valence-electron chi connectivity index (χ4n) is 2.60. The van der Waals surface area contributed by atoms with E-state index in [9.17, 15) is 9.59 Å². The van der Waals surface area contributed by atoms with Crippen LogP contribution in [0.1, 0.15) is 19.8 Å². The summed E-state index contributed by atoms with van der Waals surface area (Å²) in [5.74, 6) is 0.576. The minimum atomic E-state index is -0.247. The van der Waals surface area contributed by atoms with Crippen molar-refractivity contribution in [3.05, 3.63) is 0 Å². The zero-order chi connectivity index (χ0) is 12.4. The van der Waals surface area contributed by atoms with E-state index >= 15 is 0 Å². The third-order valence-electron chi connectivity index (χ3n) is 3.99. The molecule has 2 N–H and O–H groups in total. The highest BCUT2D eigenvalue weighted by Crippen LogP contribution is 2.24. The van der Waals surface area contributed by atoms with Gasteiger partial charge in [0.1, 0.15) is 6.04 Å². The molecule has 2 atom stereocenters. The van der Waals surface area contributed by atoms with Crippen molar-refractivity contribution in [3.8, 4) is 0 Å². The largest absolute Gasteiger partial charge is 0.357 e. The molecule has 0 bridgehead atoms. The lowest BCUT2D eigenvalue weighted by atomic mass is 9.88. The van der Waals surface area contributed by atoms with Gasteiger partial charge in [-0.15, -0.1) is 0 Å². The number of hydrogen-bond acceptors (Lipinski definition) is 3. The summed E-state index contributed by atoms with van der Waals surface area (Å²) in [6.45, 7) is 4.55. The summed E-state index contributed by atoms with van der Waals surface area (Å²) in [6, 6.07) is -0.247. The van der Waals surface area contributed by atoms with Crippen LogP contribution in [-0.4, -0.2) is 49.4 Å². The van der Waals surface area contributed by atoms with Crippen molar-refractivity contribution in [1.82, 2.24) is 15.5 Å². The van der Waals surface area contributed by atoms with E-state index in [0.29, 0.717) is 5.92 Å². The fourth-order valence-corrected chi connectivity index (χ4v) is 2.60. The Bertz CT molecular complexity index is 315. The molecule has 2 fully saturated rings. The lowest BCUT2D eigenvalue weighted by Gasteiger charge is -2.35. The summed E-state index contributed by atoms with van der Waals surface area (Å²) in [5, 5.41) is 5.83. The maximum Gasteiger partial charge on any atom is 0.242 e. The van der Waals surface area contributed by atoms with Crippen LogP contribution in [0.25, 0.3) is 0 Å². The van der Waals surface area contributed by atoms with Crippen molar-refractivity contribution in [2.75, 3.05) is 26.7 Å². The number of rotatable bonds is 3. The summed E-state index contributed by atoms with van der Waals surface area (Å²) < 4.78 is 0. The molecule has 17 heavy (non-hydrogen) atoms. The molecular weight excluding hydrogens is 218 g/mol. The second-order valence-electron chi connectivity index (χ2n) is 5.01. The number of carbonyl (C=O) groups is 2. The molecule has 0 radical (unpaired) electrons. The second kappa shape index (κ2) is 5.04. The number of likely N-dealkylation sites (N-methyl/N-ethyl adjacent to an activating group) is 1. The van der Waals surface area contributed by atoms with Gasteiger partial charge in [0.25, 0.3) is 0 Å². The molecule has 2 saturated heterocycles. The standard InChI is InChI=1S/C12H21N3O2/c1-8(9-6-14-7-9)12(17)15-5-3-4-10(15)11(16)13-2/h8-10,14H,3-7H2,1-2H3,(H,13,16). The first-order valence-electron chi connectivity index (χ1n) is 6.38. The van der Waals surface area contributed by atoms with Crippen LogP contribution in [-0.2, 0) is 9.59 Å². The zero-order valence-electron chi connectivity index (χ0n) is 10.5. The van der Waals surface area contributed by atoms with Gasteiger partial charge in [0.05, 0.1) is 0 Å². The van der Waals surface area contributed by atoms with Crippen LogP contribution in [0.5, 0.6) is 0 Å². The highest BCUT2D eigenvalue weighted by Gasteiger charge is 2.38. The average molecular weight is 239 g/mol. The van der Waals surface area contributed by atoms with Crippen molar-refractivity contribution in [2.45, 2.75) is 25.8 Å². The molecule has 2 rings (SSSR count). The highest BCUT2D eigenvalue weighted by molar-refractivity contribution is 5.89. The number of carbonyl (C=O) groups excluding carboxylic acids is 2. The van der Waals surface area contributed by atoms with E-state index in [-0.39, 0.29) is 23.8 Å². The monoisotopic (exact) mass is 239 g/mol. The molecule has 2 aliphatic rings. The Morgan fingerprint density at radius 2 is 2.12 bits per heavy atom. The van der Waals surface area contributed by atoms with E-state index in [1.165, 1.54) is 0 Å². The molecule has 96 valence electrons. The van der Waals surface area contributed by atoms with Gasteiger partial charge >= 0.3 is 0 Å². The van der Waals surface area contributed by atoms with Gasteiger partial charge in [-0.1, -0.05) is 6.92 Å². The molecule has 5 heteroatoms. The summed E-state index contributed by atoms with van der Waals surface area (Å²) in [4.78, 5) is 25.8. The highest BCUT2D eigenvalue weighted by atomic mass is 16.2. The number of nitrogens with one attached hydrogen (secondary N) is 2. The van der Waals surface area contributed by atoms with Gasteiger partial charge < -0.3 is 15.5 Å². The van der Waals surface area contributed by atoms with E-state index < -0.39 is 0 Å². The number of hydrogen-bond donors (Lipinski definition) is 2. The Kier molecular flexibility index (Phi) is 3.66. The van der Waals surface area contributed by atoms with E-state index in [0.717, 1.165) is 32.5 Å². The van der Waals surface area contributed by atoms with Crippen LogP contribution in [0.4, 0.5) is 0 Å². The van der Waals surface area contributed by atoms with Crippen molar-refractivity contribution in [2.24, 2.45) is 11.8 Å². The first-order chi connectivity index (χ1) is 8.15. The minimum Gasteiger partial charge on any atom is -0.357 e. The van der Waals surface area contributed by atoms with Crippen LogP contribution in [0.3, 0.4) is 0 Å². The van der Waals surface area contributed by atoms with Crippen LogP contribution in [0.15, 0.2) is 0 Å². The lowest BCUT2D eigenvalue weighted by molar-refractivity contribution is -0.142. The third kappa shape index (κ3) is 2.29. The first-order valence-corrected chi connectivity index (χ1v) is 6.38. The van der Waals surface area contributed by atoms with Crippen molar-refractivity contribution in [3.63, 3.8) is 0 Å². The van der Waals surface area contributed by atoms with Gasteiger partial charge in [-0.2, -0.15) is 0 Å². The molecule has 0 aromatic rings. The summed E-state index contributed by atoms with van der Waals surface area (Å²) >= 11 is 0. The predicted octanol–water partition coefficient (Wildman–Crippen LogP) is -0.421. The van der Waals surface area contributed by atoms with Crippen LogP contribution < -0.4 is 10.6 Å². The molecule has 0 aliphatic carbocycles. The maximum atomic E-state index is 12.3. The lowest BCUT2D eigenvalue weighted by Crippen LogP contribution is -2.53. The van der Waals surface area contributed by atoms with Gasteiger partial charge in [-0.25, -0.2) is 0 Å². The van der Waals surface area contributed by atoms with Crippen LogP contribution in [0, 0.1) is 11.8 Å². The van der Waals surface area contributed by atoms with E-state index in [2.05, 4.69) is 10.6 Å². The van der Waals surface area contributed by atoms with Crippen molar-refractivity contribution < 1.29 is 9.59 Å². The molecular formula is C12H21N3O2. The molecule has 2 unspecified atom stereocenters. The molecule has 5 nitrogen and oxygen atoms in total. The van der Waals surface area contributed by atoms with Gasteiger partial charge in [0.15, 0.2) is 0 Å². The fraction of sp³-hybridized carbons (Fsp3) is 0.833. The van der Waals surface area contributed by atoms with Crippen molar-refractivity contribution in [1.29, 1.82) is 0 Å². The molecule has 0 saturated carbocycles. The molecule has 0 aromatic heterocycles. The first kappa shape index (κ1) is 12.4. The Hall–Kier alpha value is -1.10. The number of likely N-dealkylation sites (tertiary alicyclic amines) is 1. The summed E-state index contributed by atoms with van der Waals surface area (Å²) in [6.07, 6.45) is 1.72. The Morgan fingerprint density at radius 3 is 2.65 bits per heavy atom. The SMILES string of the molecule is CNC(=O)C1CCCN1C(=O)C(C)C1CNC1.